The standard InChI is InChI=1S/C21H18FNO4/c1-14(24)23-15-6-8-17(9-7-15)27-21(25)13-11-16-10-12-20(26-16)18-4-2-3-5-19(18)22/h2-10,12H,11,13H2,1H3,(H,23,24). The zero-order chi connectivity index (χ0) is 19.2. The second-order valence-electron chi connectivity index (χ2n) is 5.93. The molecule has 3 rings (SSSR count). The van der Waals surface area contributed by atoms with Crippen molar-refractivity contribution in [1.29, 1.82) is 0 Å². The number of aryl methyl sites for hydroxylation is 1. The molecule has 2 aromatic carbocycles. The number of carbonyl (C=O) groups excluding carboxylic acids is 2. The molecule has 0 unspecified atom stereocenters. The number of anilines is 1. The maximum Gasteiger partial charge on any atom is 0.311 e. The van der Waals surface area contributed by atoms with Crippen LogP contribution in [0, 0.1) is 5.82 Å². The number of hydrogen-bond donors (Lipinski definition) is 1. The fourth-order valence-corrected chi connectivity index (χ4v) is 2.54. The first-order chi connectivity index (χ1) is 13.0. The highest BCUT2D eigenvalue weighted by Gasteiger charge is 2.11. The van der Waals surface area contributed by atoms with Gasteiger partial charge in [0.15, 0.2) is 0 Å². The molecule has 0 saturated heterocycles. The number of amides is 1. The van der Waals surface area contributed by atoms with Gasteiger partial charge in [0.2, 0.25) is 5.91 Å². The van der Waals surface area contributed by atoms with E-state index in [1.807, 2.05) is 0 Å². The van der Waals surface area contributed by atoms with Crippen LogP contribution in [0.2, 0.25) is 0 Å². The minimum atomic E-state index is -0.411. The van der Waals surface area contributed by atoms with Crippen molar-refractivity contribution >= 4 is 17.6 Å². The molecule has 1 aromatic heterocycles. The van der Waals surface area contributed by atoms with Crippen molar-refractivity contribution in [3.05, 3.63) is 72.2 Å². The number of rotatable bonds is 6. The number of nitrogens with one attached hydrogen (secondary N) is 1. The second-order valence-corrected chi connectivity index (χ2v) is 5.93. The van der Waals surface area contributed by atoms with Crippen LogP contribution in [0.25, 0.3) is 11.3 Å². The highest BCUT2D eigenvalue weighted by molar-refractivity contribution is 5.88. The summed E-state index contributed by atoms with van der Waals surface area (Å²) in [6.07, 6.45) is 0.467. The van der Waals surface area contributed by atoms with Crippen LogP contribution in [-0.2, 0) is 16.0 Å². The number of esters is 1. The summed E-state index contributed by atoms with van der Waals surface area (Å²) in [4.78, 5) is 23.0. The van der Waals surface area contributed by atoms with Crippen LogP contribution >= 0.6 is 0 Å². The van der Waals surface area contributed by atoms with Gasteiger partial charge in [-0.3, -0.25) is 9.59 Å². The summed E-state index contributed by atoms with van der Waals surface area (Å²) in [6, 6.07) is 16.3. The molecule has 0 aliphatic heterocycles. The van der Waals surface area contributed by atoms with Gasteiger partial charge in [-0.1, -0.05) is 12.1 Å². The van der Waals surface area contributed by atoms with Gasteiger partial charge in [0.1, 0.15) is 23.1 Å². The van der Waals surface area contributed by atoms with Gasteiger partial charge in [-0.15, -0.1) is 0 Å². The van der Waals surface area contributed by atoms with Crippen LogP contribution in [0.4, 0.5) is 10.1 Å². The lowest BCUT2D eigenvalue weighted by Crippen LogP contribution is -2.09. The van der Waals surface area contributed by atoms with Gasteiger partial charge >= 0.3 is 5.97 Å². The Kier molecular flexibility index (Phi) is 5.66. The lowest BCUT2D eigenvalue weighted by molar-refractivity contribution is -0.134. The molecule has 0 spiro atoms. The summed E-state index contributed by atoms with van der Waals surface area (Å²) in [6.45, 7) is 1.42. The third-order valence-corrected chi connectivity index (χ3v) is 3.78. The second kappa shape index (κ2) is 8.31. The van der Waals surface area contributed by atoms with E-state index in [-0.39, 0.29) is 18.1 Å². The number of carbonyl (C=O) groups is 2. The Morgan fingerprint density at radius 3 is 2.48 bits per heavy atom. The maximum absolute atomic E-state index is 13.8. The van der Waals surface area contributed by atoms with E-state index in [1.54, 1.807) is 54.6 Å². The molecule has 1 heterocycles. The van der Waals surface area contributed by atoms with Gasteiger partial charge in [-0.2, -0.15) is 0 Å². The quantitative estimate of drug-likeness (QED) is 0.511. The number of furan rings is 1. The highest BCUT2D eigenvalue weighted by atomic mass is 19.1. The van der Waals surface area contributed by atoms with Crippen LogP contribution in [0.3, 0.4) is 0 Å². The summed E-state index contributed by atoms with van der Waals surface area (Å²) < 4.78 is 24.7. The smallest absolute Gasteiger partial charge is 0.311 e. The average Bonchev–Trinajstić information content (AvgIpc) is 3.10. The predicted molar refractivity (Wildman–Crippen MR) is 98.8 cm³/mol. The average molecular weight is 367 g/mol. The Hall–Kier alpha value is -3.41. The SMILES string of the molecule is CC(=O)Nc1ccc(OC(=O)CCc2ccc(-c3ccccc3F)o2)cc1. The molecular formula is C21H18FNO4. The van der Waals surface area contributed by atoms with Crippen LogP contribution in [-0.4, -0.2) is 11.9 Å². The van der Waals surface area contributed by atoms with Crippen LogP contribution in [0.15, 0.2) is 65.1 Å². The molecule has 3 aromatic rings. The van der Waals surface area contributed by atoms with E-state index in [4.69, 9.17) is 9.15 Å². The minimum absolute atomic E-state index is 0.123. The molecular weight excluding hydrogens is 349 g/mol. The Balaban J connectivity index is 1.54. The normalized spacial score (nSPS) is 10.4. The lowest BCUT2D eigenvalue weighted by atomic mass is 10.1. The molecule has 0 atom stereocenters. The fourth-order valence-electron chi connectivity index (χ4n) is 2.54. The summed E-state index contributed by atoms with van der Waals surface area (Å²) in [5, 5.41) is 2.63. The summed E-state index contributed by atoms with van der Waals surface area (Å²) in [7, 11) is 0. The van der Waals surface area contributed by atoms with E-state index in [2.05, 4.69) is 5.32 Å². The Labute approximate surface area is 155 Å². The van der Waals surface area contributed by atoms with Gasteiger partial charge in [0, 0.05) is 19.0 Å². The summed E-state index contributed by atoms with van der Waals surface area (Å²) >= 11 is 0. The first-order valence-electron chi connectivity index (χ1n) is 8.43. The van der Waals surface area contributed by atoms with Gasteiger partial charge in [0.05, 0.1) is 12.0 Å². The van der Waals surface area contributed by atoms with Crippen molar-refractivity contribution in [3.63, 3.8) is 0 Å². The predicted octanol–water partition coefficient (Wildman–Crippen LogP) is 4.58. The molecule has 0 saturated carbocycles. The first-order valence-corrected chi connectivity index (χ1v) is 8.43. The molecule has 0 bridgehead atoms. The van der Waals surface area contributed by atoms with E-state index in [0.717, 1.165) is 0 Å². The van der Waals surface area contributed by atoms with Crippen molar-refractivity contribution in [2.75, 3.05) is 5.32 Å². The van der Waals surface area contributed by atoms with Crippen molar-refractivity contribution in [2.24, 2.45) is 0 Å². The van der Waals surface area contributed by atoms with E-state index in [1.165, 1.54) is 13.0 Å². The molecule has 0 fully saturated rings. The number of ether oxygens (including phenoxy) is 1. The van der Waals surface area contributed by atoms with Crippen molar-refractivity contribution in [1.82, 2.24) is 0 Å². The van der Waals surface area contributed by atoms with E-state index in [0.29, 0.717) is 34.9 Å². The molecule has 0 radical (unpaired) electrons. The number of hydrogen-bond acceptors (Lipinski definition) is 4. The fraction of sp³-hybridized carbons (Fsp3) is 0.143. The lowest BCUT2D eigenvalue weighted by Gasteiger charge is -2.06. The van der Waals surface area contributed by atoms with Crippen LogP contribution in [0.1, 0.15) is 19.1 Å². The number of benzene rings is 2. The van der Waals surface area contributed by atoms with E-state index in [9.17, 15) is 14.0 Å². The van der Waals surface area contributed by atoms with Crippen LogP contribution < -0.4 is 10.1 Å². The van der Waals surface area contributed by atoms with Crippen molar-refractivity contribution in [2.45, 2.75) is 19.8 Å². The van der Waals surface area contributed by atoms with Crippen molar-refractivity contribution < 1.29 is 23.1 Å². The zero-order valence-corrected chi connectivity index (χ0v) is 14.7. The summed E-state index contributed by atoms with van der Waals surface area (Å²) in [5.74, 6) is 0.441. The van der Waals surface area contributed by atoms with E-state index >= 15 is 0 Å². The highest BCUT2D eigenvalue weighted by Crippen LogP contribution is 2.25. The van der Waals surface area contributed by atoms with Gasteiger partial charge in [-0.25, -0.2) is 4.39 Å². The molecule has 1 amide bonds. The molecule has 0 aliphatic carbocycles. The molecule has 27 heavy (non-hydrogen) atoms. The minimum Gasteiger partial charge on any atom is -0.461 e. The topological polar surface area (TPSA) is 68.5 Å². The molecule has 6 heteroatoms. The third kappa shape index (κ3) is 5.04. The van der Waals surface area contributed by atoms with Gasteiger partial charge in [0.25, 0.3) is 0 Å². The summed E-state index contributed by atoms with van der Waals surface area (Å²) in [5.41, 5.74) is 1.00. The maximum atomic E-state index is 13.8. The Morgan fingerprint density at radius 1 is 1.04 bits per heavy atom. The van der Waals surface area contributed by atoms with Gasteiger partial charge < -0.3 is 14.5 Å². The molecule has 5 nitrogen and oxygen atoms in total. The Morgan fingerprint density at radius 2 is 1.78 bits per heavy atom. The molecule has 1 N–H and O–H groups in total. The zero-order valence-electron chi connectivity index (χ0n) is 14.7. The van der Waals surface area contributed by atoms with Crippen LogP contribution in [0.5, 0.6) is 5.75 Å². The van der Waals surface area contributed by atoms with Gasteiger partial charge in [-0.05, 0) is 48.5 Å². The van der Waals surface area contributed by atoms with E-state index < -0.39 is 5.97 Å². The third-order valence-electron chi connectivity index (χ3n) is 3.78. The molecule has 138 valence electrons. The first kappa shape index (κ1) is 18.4. The largest absolute Gasteiger partial charge is 0.461 e. The number of halogens is 1. The molecule has 0 aliphatic rings. The monoisotopic (exact) mass is 367 g/mol. The Bertz CT molecular complexity index is 947. The van der Waals surface area contributed by atoms with Crippen molar-refractivity contribution in [3.8, 4) is 17.1 Å².